The highest BCUT2D eigenvalue weighted by molar-refractivity contribution is 5.91. The SMILES string of the molecule is CN(C)CCCn1ccc2nc3ccn(-c4ccccc4)c(=O)c3cc2c1=O. The van der Waals surface area contributed by atoms with Crippen LogP contribution in [0.25, 0.3) is 27.5 Å². The van der Waals surface area contributed by atoms with Crippen LogP contribution in [0, 0.1) is 0 Å². The molecule has 0 saturated heterocycles. The van der Waals surface area contributed by atoms with E-state index in [2.05, 4.69) is 9.88 Å². The van der Waals surface area contributed by atoms with E-state index in [1.54, 1.807) is 27.6 Å². The Bertz CT molecular complexity index is 1260. The number of fused-ring (bicyclic) bond motifs is 2. The van der Waals surface area contributed by atoms with Gasteiger partial charge in [-0.1, -0.05) is 18.2 Å². The smallest absolute Gasteiger partial charge is 0.264 e. The maximum Gasteiger partial charge on any atom is 0.264 e. The Labute approximate surface area is 162 Å². The fourth-order valence-electron chi connectivity index (χ4n) is 3.39. The predicted molar refractivity (Wildman–Crippen MR) is 112 cm³/mol. The van der Waals surface area contributed by atoms with Gasteiger partial charge in [0.05, 0.1) is 21.8 Å². The van der Waals surface area contributed by atoms with Crippen LogP contribution in [-0.4, -0.2) is 39.7 Å². The zero-order chi connectivity index (χ0) is 19.7. The van der Waals surface area contributed by atoms with Gasteiger partial charge in [0.15, 0.2) is 0 Å². The Morgan fingerprint density at radius 2 is 1.57 bits per heavy atom. The first-order valence-electron chi connectivity index (χ1n) is 9.30. The molecule has 28 heavy (non-hydrogen) atoms. The first-order chi connectivity index (χ1) is 13.5. The minimum absolute atomic E-state index is 0.111. The van der Waals surface area contributed by atoms with Gasteiger partial charge >= 0.3 is 0 Å². The molecule has 4 rings (SSSR count). The van der Waals surface area contributed by atoms with E-state index in [-0.39, 0.29) is 11.1 Å². The number of hydrogen-bond donors (Lipinski definition) is 0. The Balaban J connectivity index is 1.84. The zero-order valence-corrected chi connectivity index (χ0v) is 16.0. The summed E-state index contributed by atoms with van der Waals surface area (Å²) in [5.74, 6) is 0. The highest BCUT2D eigenvalue weighted by Gasteiger charge is 2.10. The minimum Gasteiger partial charge on any atom is -0.315 e. The van der Waals surface area contributed by atoms with E-state index in [1.165, 1.54) is 0 Å². The van der Waals surface area contributed by atoms with E-state index in [4.69, 9.17) is 0 Å². The van der Waals surface area contributed by atoms with Gasteiger partial charge in [-0.2, -0.15) is 0 Å². The predicted octanol–water partition coefficient (Wildman–Crippen LogP) is 2.65. The number of benzene rings is 1. The topological polar surface area (TPSA) is 60.1 Å². The molecule has 0 radical (unpaired) electrons. The largest absolute Gasteiger partial charge is 0.315 e. The third-order valence-corrected chi connectivity index (χ3v) is 4.85. The molecule has 0 amide bonds. The number of para-hydroxylation sites is 1. The molecular weight excluding hydrogens is 352 g/mol. The standard InChI is InChI=1S/C22H22N4O2/c1-24(2)11-6-12-25-13-9-19-17(21(25)27)15-18-20(23-19)10-14-26(22(18)28)16-7-4-3-5-8-16/h3-5,7-10,13-15H,6,11-12H2,1-2H3. The van der Waals surface area contributed by atoms with Crippen LogP contribution in [0.1, 0.15) is 6.42 Å². The van der Waals surface area contributed by atoms with Gasteiger partial charge in [-0.05, 0) is 57.4 Å². The molecule has 6 nitrogen and oxygen atoms in total. The molecule has 0 N–H and O–H groups in total. The summed E-state index contributed by atoms with van der Waals surface area (Å²) >= 11 is 0. The number of aromatic nitrogens is 3. The minimum atomic E-state index is -0.180. The number of rotatable bonds is 5. The molecule has 0 aliphatic heterocycles. The number of pyridine rings is 3. The molecule has 0 aliphatic carbocycles. The first kappa shape index (κ1) is 18.1. The van der Waals surface area contributed by atoms with E-state index in [0.29, 0.717) is 28.4 Å². The van der Waals surface area contributed by atoms with Crippen LogP contribution in [0.2, 0.25) is 0 Å². The van der Waals surface area contributed by atoms with Crippen molar-refractivity contribution in [2.45, 2.75) is 13.0 Å². The summed E-state index contributed by atoms with van der Waals surface area (Å²) in [7, 11) is 4.02. The summed E-state index contributed by atoms with van der Waals surface area (Å²) in [4.78, 5) is 32.6. The fourth-order valence-corrected chi connectivity index (χ4v) is 3.39. The molecule has 0 fully saturated rings. The molecule has 6 heteroatoms. The van der Waals surface area contributed by atoms with Crippen molar-refractivity contribution in [3.8, 4) is 5.69 Å². The van der Waals surface area contributed by atoms with Crippen molar-refractivity contribution in [3.05, 3.63) is 81.6 Å². The molecule has 3 aromatic heterocycles. The summed E-state index contributed by atoms with van der Waals surface area (Å²) < 4.78 is 3.27. The Kier molecular flexibility index (Phi) is 4.79. The van der Waals surface area contributed by atoms with Crippen molar-refractivity contribution in [2.24, 2.45) is 0 Å². The molecule has 0 atom stereocenters. The van der Waals surface area contributed by atoms with Gasteiger partial charge < -0.3 is 9.47 Å². The maximum absolute atomic E-state index is 13.0. The molecule has 3 heterocycles. The van der Waals surface area contributed by atoms with E-state index in [9.17, 15) is 9.59 Å². The number of nitrogens with zero attached hydrogens (tertiary/aromatic N) is 4. The van der Waals surface area contributed by atoms with Gasteiger partial charge in [-0.25, -0.2) is 4.98 Å². The first-order valence-corrected chi connectivity index (χ1v) is 9.30. The number of hydrogen-bond acceptors (Lipinski definition) is 4. The fraction of sp³-hybridized carbons (Fsp3) is 0.227. The van der Waals surface area contributed by atoms with Crippen LogP contribution in [0.3, 0.4) is 0 Å². The lowest BCUT2D eigenvalue weighted by molar-refractivity contribution is 0.385. The second kappa shape index (κ2) is 7.40. The van der Waals surface area contributed by atoms with Gasteiger partial charge in [-0.15, -0.1) is 0 Å². The van der Waals surface area contributed by atoms with Crippen molar-refractivity contribution < 1.29 is 0 Å². The van der Waals surface area contributed by atoms with Crippen LogP contribution in [-0.2, 0) is 6.54 Å². The molecule has 0 unspecified atom stereocenters. The van der Waals surface area contributed by atoms with E-state index in [0.717, 1.165) is 18.7 Å². The Morgan fingerprint density at radius 1 is 0.893 bits per heavy atom. The lowest BCUT2D eigenvalue weighted by atomic mass is 10.2. The van der Waals surface area contributed by atoms with Crippen molar-refractivity contribution >= 4 is 21.8 Å². The van der Waals surface area contributed by atoms with Gasteiger partial charge in [-0.3, -0.25) is 14.2 Å². The highest BCUT2D eigenvalue weighted by atomic mass is 16.1. The highest BCUT2D eigenvalue weighted by Crippen LogP contribution is 2.15. The number of aryl methyl sites for hydroxylation is 1. The second-order valence-electron chi connectivity index (χ2n) is 7.15. The molecular formula is C22H22N4O2. The average Bonchev–Trinajstić information content (AvgIpc) is 2.70. The Morgan fingerprint density at radius 3 is 2.29 bits per heavy atom. The quantitative estimate of drug-likeness (QED) is 0.504. The van der Waals surface area contributed by atoms with Gasteiger partial charge in [0.25, 0.3) is 11.1 Å². The van der Waals surface area contributed by atoms with Crippen molar-refractivity contribution in [1.29, 1.82) is 0 Å². The summed E-state index contributed by atoms with van der Waals surface area (Å²) in [6, 6.07) is 14.8. The van der Waals surface area contributed by atoms with Crippen molar-refractivity contribution in [1.82, 2.24) is 19.0 Å². The maximum atomic E-state index is 13.0. The second-order valence-corrected chi connectivity index (χ2v) is 7.15. The average molecular weight is 374 g/mol. The van der Waals surface area contributed by atoms with E-state index >= 15 is 0 Å². The van der Waals surface area contributed by atoms with Crippen LogP contribution >= 0.6 is 0 Å². The van der Waals surface area contributed by atoms with Crippen molar-refractivity contribution in [2.75, 3.05) is 20.6 Å². The molecule has 4 aromatic rings. The third-order valence-electron chi connectivity index (χ3n) is 4.85. The third kappa shape index (κ3) is 3.34. The van der Waals surface area contributed by atoms with Gasteiger partial charge in [0, 0.05) is 24.6 Å². The molecule has 142 valence electrons. The van der Waals surface area contributed by atoms with Gasteiger partial charge in [0.1, 0.15) is 0 Å². The van der Waals surface area contributed by atoms with Crippen LogP contribution in [0.4, 0.5) is 0 Å². The summed E-state index contributed by atoms with van der Waals surface area (Å²) in [5, 5.41) is 0.921. The molecule has 1 aromatic carbocycles. The summed E-state index contributed by atoms with van der Waals surface area (Å²) in [6.07, 6.45) is 4.38. The molecule has 0 bridgehead atoms. The van der Waals surface area contributed by atoms with Crippen LogP contribution in [0.15, 0.2) is 70.5 Å². The zero-order valence-electron chi connectivity index (χ0n) is 16.0. The monoisotopic (exact) mass is 374 g/mol. The molecule has 0 saturated carbocycles. The Hall–Kier alpha value is -3.25. The molecule has 0 spiro atoms. The van der Waals surface area contributed by atoms with Gasteiger partial charge in [0.2, 0.25) is 0 Å². The van der Waals surface area contributed by atoms with Crippen LogP contribution < -0.4 is 11.1 Å². The lowest BCUT2D eigenvalue weighted by Crippen LogP contribution is -2.23. The normalized spacial score (nSPS) is 11.5. The summed E-state index contributed by atoms with van der Waals surface area (Å²) in [5.41, 5.74) is 1.69. The van der Waals surface area contributed by atoms with Crippen LogP contribution in [0.5, 0.6) is 0 Å². The van der Waals surface area contributed by atoms with E-state index in [1.807, 2.05) is 56.6 Å². The molecule has 0 aliphatic rings. The lowest BCUT2D eigenvalue weighted by Gasteiger charge is -2.11. The van der Waals surface area contributed by atoms with Crippen molar-refractivity contribution in [3.63, 3.8) is 0 Å². The summed E-state index contributed by atoms with van der Waals surface area (Å²) in [6.45, 7) is 1.54. The van der Waals surface area contributed by atoms with E-state index < -0.39 is 0 Å².